The molecule has 1 fully saturated rings. The molecule has 5 nitrogen and oxygen atoms in total. The predicted molar refractivity (Wildman–Crippen MR) is 116 cm³/mol. The van der Waals surface area contributed by atoms with Gasteiger partial charge in [-0.3, -0.25) is 9.59 Å². The van der Waals surface area contributed by atoms with Crippen LogP contribution in [0.15, 0.2) is 70.0 Å². The third-order valence-corrected chi connectivity index (χ3v) is 6.17. The summed E-state index contributed by atoms with van der Waals surface area (Å²) in [5, 5.41) is 9.18. The summed E-state index contributed by atoms with van der Waals surface area (Å²) in [6.07, 6.45) is 7.46. The average molecular weight is 411 g/mol. The number of carbonyl (C=O) groups is 2. The Morgan fingerprint density at radius 1 is 1.21 bits per heavy atom. The highest BCUT2D eigenvalue weighted by atomic mass is 32.2. The molecule has 2 aromatic carbocycles. The Morgan fingerprint density at radius 2 is 2.00 bits per heavy atom. The Hall–Kier alpha value is -2.57. The minimum Gasteiger partial charge on any atom is -0.396 e. The number of rotatable bonds is 8. The lowest BCUT2D eigenvalue weighted by Crippen LogP contribution is -2.37. The number of nitrogens with two attached hydrogens (primary N) is 1. The average Bonchev–Trinajstić information content (AvgIpc) is 2.74. The molecular weight excluding hydrogens is 384 g/mol. The summed E-state index contributed by atoms with van der Waals surface area (Å²) in [7, 11) is 0. The summed E-state index contributed by atoms with van der Waals surface area (Å²) in [5.41, 5.74) is 7.95. The highest BCUT2D eigenvalue weighted by Crippen LogP contribution is 2.36. The number of benzene rings is 2. The van der Waals surface area contributed by atoms with Crippen molar-refractivity contribution in [3.8, 4) is 0 Å². The van der Waals surface area contributed by atoms with Crippen LogP contribution in [-0.4, -0.2) is 30.1 Å². The Labute approximate surface area is 175 Å². The Morgan fingerprint density at radius 3 is 2.69 bits per heavy atom. The van der Waals surface area contributed by atoms with E-state index in [-0.39, 0.29) is 12.6 Å². The summed E-state index contributed by atoms with van der Waals surface area (Å²) in [5.74, 6) is -0.492. The van der Waals surface area contributed by atoms with Gasteiger partial charge in [0.2, 0.25) is 12.3 Å². The molecule has 29 heavy (non-hydrogen) atoms. The lowest BCUT2D eigenvalue weighted by molar-refractivity contribution is -0.107. The number of nitrogens with zero attached hydrogens (tertiary/aromatic N) is 1. The zero-order valence-electron chi connectivity index (χ0n) is 16.3. The quantitative estimate of drug-likeness (QED) is 0.506. The van der Waals surface area contributed by atoms with E-state index in [0.29, 0.717) is 12.0 Å². The molecule has 1 aliphatic rings. The summed E-state index contributed by atoms with van der Waals surface area (Å²) >= 11 is 1.45. The molecule has 1 unspecified atom stereocenters. The van der Waals surface area contributed by atoms with Crippen molar-refractivity contribution in [1.29, 1.82) is 0 Å². The topological polar surface area (TPSA) is 83.6 Å². The SMILES string of the molecule is NC(=O)c1ccc(N(C=O)C2CCCC/C2=C\CCO)cc1Sc1ccccc1. The van der Waals surface area contributed by atoms with E-state index in [1.807, 2.05) is 36.4 Å². The van der Waals surface area contributed by atoms with Crippen molar-refractivity contribution in [3.05, 3.63) is 65.7 Å². The van der Waals surface area contributed by atoms with Crippen molar-refractivity contribution in [2.24, 2.45) is 5.73 Å². The van der Waals surface area contributed by atoms with E-state index in [2.05, 4.69) is 6.08 Å². The zero-order chi connectivity index (χ0) is 20.6. The number of primary amides is 1. The minimum atomic E-state index is -0.492. The molecule has 0 bridgehead atoms. The molecule has 1 aliphatic carbocycles. The van der Waals surface area contributed by atoms with Crippen LogP contribution in [0.1, 0.15) is 42.5 Å². The van der Waals surface area contributed by atoms with Gasteiger partial charge < -0.3 is 15.7 Å². The number of anilines is 1. The molecule has 152 valence electrons. The summed E-state index contributed by atoms with van der Waals surface area (Å²) in [6.45, 7) is 0.0997. The number of hydrogen-bond acceptors (Lipinski definition) is 4. The summed E-state index contributed by atoms with van der Waals surface area (Å²) in [6, 6.07) is 15.1. The van der Waals surface area contributed by atoms with Gasteiger partial charge in [-0.1, -0.05) is 48.0 Å². The molecule has 6 heteroatoms. The van der Waals surface area contributed by atoms with Crippen molar-refractivity contribution < 1.29 is 14.7 Å². The molecule has 1 atom stereocenters. The number of hydrogen-bond donors (Lipinski definition) is 2. The summed E-state index contributed by atoms with van der Waals surface area (Å²) < 4.78 is 0. The van der Waals surface area contributed by atoms with Gasteiger partial charge in [0.15, 0.2) is 0 Å². The monoisotopic (exact) mass is 410 g/mol. The van der Waals surface area contributed by atoms with Crippen molar-refractivity contribution in [2.45, 2.75) is 47.9 Å². The predicted octanol–water partition coefficient (Wildman–Crippen LogP) is 4.15. The van der Waals surface area contributed by atoms with E-state index in [1.165, 1.54) is 17.3 Å². The van der Waals surface area contributed by atoms with Gasteiger partial charge in [-0.25, -0.2) is 0 Å². The maximum Gasteiger partial charge on any atom is 0.249 e. The van der Waals surface area contributed by atoms with Crippen molar-refractivity contribution in [2.75, 3.05) is 11.5 Å². The largest absolute Gasteiger partial charge is 0.396 e. The van der Waals surface area contributed by atoms with Gasteiger partial charge in [0.1, 0.15) is 0 Å². The first-order chi connectivity index (χ1) is 14.1. The molecule has 0 saturated heterocycles. The molecule has 3 N–H and O–H groups in total. The van der Waals surface area contributed by atoms with Crippen LogP contribution in [0, 0.1) is 0 Å². The molecule has 2 aromatic rings. The zero-order valence-corrected chi connectivity index (χ0v) is 17.1. The van der Waals surface area contributed by atoms with Crippen LogP contribution in [0.4, 0.5) is 5.69 Å². The van der Waals surface area contributed by atoms with Gasteiger partial charge in [-0.05, 0) is 56.0 Å². The smallest absolute Gasteiger partial charge is 0.249 e. The normalized spacial score (nSPS) is 17.8. The van der Waals surface area contributed by atoms with Gasteiger partial charge in [0.05, 0.1) is 11.6 Å². The van der Waals surface area contributed by atoms with Gasteiger partial charge in [0.25, 0.3) is 0 Å². The lowest BCUT2D eigenvalue weighted by Gasteiger charge is -2.34. The van der Waals surface area contributed by atoms with Crippen molar-refractivity contribution >= 4 is 29.8 Å². The van der Waals surface area contributed by atoms with Gasteiger partial charge in [0, 0.05) is 22.1 Å². The number of aliphatic hydroxyl groups is 1. The maximum absolute atomic E-state index is 12.1. The molecule has 0 heterocycles. The van der Waals surface area contributed by atoms with E-state index in [4.69, 9.17) is 5.73 Å². The Bertz CT molecular complexity index is 883. The fourth-order valence-corrected chi connectivity index (χ4v) is 4.72. The first kappa shape index (κ1) is 21.1. The Kier molecular flexibility index (Phi) is 7.49. The van der Waals surface area contributed by atoms with Crippen LogP contribution in [0.3, 0.4) is 0 Å². The fraction of sp³-hybridized carbons (Fsp3) is 0.304. The van der Waals surface area contributed by atoms with Gasteiger partial charge >= 0.3 is 0 Å². The van der Waals surface area contributed by atoms with E-state index < -0.39 is 5.91 Å². The lowest BCUT2D eigenvalue weighted by atomic mass is 9.88. The number of amides is 2. The molecule has 2 amide bonds. The number of carbonyl (C=O) groups excluding carboxylic acids is 2. The molecule has 0 aliphatic heterocycles. The molecular formula is C23H26N2O3S. The second kappa shape index (κ2) is 10.3. The molecule has 0 aromatic heterocycles. The maximum atomic E-state index is 12.1. The van der Waals surface area contributed by atoms with Crippen LogP contribution in [-0.2, 0) is 4.79 Å². The number of aliphatic hydroxyl groups excluding tert-OH is 1. The van der Waals surface area contributed by atoms with E-state index in [9.17, 15) is 14.7 Å². The molecule has 1 saturated carbocycles. The second-order valence-corrected chi connectivity index (χ2v) is 8.14. The van der Waals surface area contributed by atoms with E-state index in [0.717, 1.165) is 47.6 Å². The van der Waals surface area contributed by atoms with Crippen molar-refractivity contribution in [3.63, 3.8) is 0 Å². The molecule has 0 radical (unpaired) electrons. The minimum absolute atomic E-state index is 0.0261. The third-order valence-electron chi connectivity index (χ3n) is 5.11. The first-order valence-corrected chi connectivity index (χ1v) is 10.7. The van der Waals surface area contributed by atoms with E-state index >= 15 is 0 Å². The van der Waals surface area contributed by atoms with Gasteiger partial charge in [-0.2, -0.15) is 0 Å². The van der Waals surface area contributed by atoms with Crippen LogP contribution >= 0.6 is 11.8 Å². The molecule has 0 spiro atoms. The standard InChI is InChI=1S/C23H26N2O3S/c24-23(28)20-13-12-18(15-22(20)29-19-9-2-1-3-10-19)25(16-27)21-11-5-4-7-17(21)8-6-14-26/h1-3,8-10,12-13,15-16,21,26H,4-7,11,14H2,(H2,24,28)/b17-8+. The van der Waals surface area contributed by atoms with Crippen LogP contribution in [0.2, 0.25) is 0 Å². The fourth-order valence-electron chi connectivity index (χ4n) is 3.71. The molecule has 3 rings (SSSR count). The van der Waals surface area contributed by atoms with Crippen LogP contribution < -0.4 is 10.6 Å². The Balaban J connectivity index is 1.96. The van der Waals surface area contributed by atoms with Crippen molar-refractivity contribution in [1.82, 2.24) is 0 Å². The van der Waals surface area contributed by atoms with E-state index in [1.54, 1.807) is 17.0 Å². The second-order valence-electron chi connectivity index (χ2n) is 7.03. The van der Waals surface area contributed by atoms with Crippen LogP contribution in [0.25, 0.3) is 0 Å². The highest BCUT2D eigenvalue weighted by molar-refractivity contribution is 7.99. The van der Waals surface area contributed by atoms with Crippen LogP contribution in [0.5, 0.6) is 0 Å². The highest BCUT2D eigenvalue weighted by Gasteiger charge is 2.26. The first-order valence-electron chi connectivity index (χ1n) is 9.84. The third kappa shape index (κ3) is 5.28. The summed E-state index contributed by atoms with van der Waals surface area (Å²) in [4.78, 5) is 27.4. The van der Waals surface area contributed by atoms with Gasteiger partial charge in [-0.15, -0.1) is 0 Å².